The van der Waals surface area contributed by atoms with Crippen LogP contribution < -0.4 is 9.64 Å². The molecule has 1 aliphatic rings. The summed E-state index contributed by atoms with van der Waals surface area (Å²) in [5.74, 6) is -4.02. The van der Waals surface area contributed by atoms with Gasteiger partial charge in [-0.2, -0.15) is 13.2 Å². The molecule has 4 nitrogen and oxygen atoms in total. The highest BCUT2D eigenvalue weighted by molar-refractivity contribution is 6.03. The molecule has 40 heavy (non-hydrogen) atoms. The largest absolute Gasteiger partial charge is 0.484 e. The molecule has 206 valence electrons. The lowest BCUT2D eigenvalue weighted by atomic mass is 9.71. The monoisotopic (exact) mass is 556 g/mol. The molecule has 3 aromatic carbocycles. The minimum atomic E-state index is -4.50. The van der Waals surface area contributed by atoms with Gasteiger partial charge in [0.2, 0.25) is 5.91 Å². The second-order valence-electron chi connectivity index (χ2n) is 9.78. The summed E-state index contributed by atoms with van der Waals surface area (Å²) >= 11 is 0. The number of halogens is 6. The van der Waals surface area contributed by atoms with E-state index in [9.17, 15) is 31.1 Å². The maximum Gasteiger partial charge on any atom is 0.422 e. The van der Waals surface area contributed by atoms with E-state index in [2.05, 4.69) is 4.98 Å². The Hall–Kier alpha value is -4.34. The van der Waals surface area contributed by atoms with Crippen LogP contribution in [0.15, 0.2) is 79.1 Å². The van der Waals surface area contributed by atoms with Crippen LogP contribution in [0.4, 0.5) is 32.0 Å². The van der Waals surface area contributed by atoms with E-state index in [0.717, 1.165) is 6.07 Å². The van der Waals surface area contributed by atoms with E-state index in [4.69, 9.17) is 4.74 Å². The van der Waals surface area contributed by atoms with Crippen LogP contribution >= 0.6 is 0 Å². The van der Waals surface area contributed by atoms with E-state index in [1.54, 1.807) is 55.6 Å². The first-order chi connectivity index (χ1) is 18.9. The Morgan fingerprint density at radius 1 is 0.975 bits per heavy atom. The molecule has 2 heterocycles. The highest BCUT2D eigenvalue weighted by Crippen LogP contribution is 2.42. The molecular formula is C30H22F6N2O2. The predicted molar refractivity (Wildman–Crippen MR) is 136 cm³/mol. The molecule has 0 aliphatic carbocycles. The van der Waals surface area contributed by atoms with Crippen molar-refractivity contribution in [1.82, 2.24) is 4.98 Å². The summed E-state index contributed by atoms with van der Waals surface area (Å²) in [5, 5.41) is 0. The van der Waals surface area contributed by atoms with Gasteiger partial charge in [0.1, 0.15) is 11.6 Å². The predicted octanol–water partition coefficient (Wildman–Crippen LogP) is 7.15. The van der Waals surface area contributed by atoms with Crippen LogP contribution in [0.25, 0.3) is 11.1 Å². The molecule has 5 rings (SSSR count). The molecule has 10 heteroatoms. The van der Waals surface area contributed by atoms with Crippen molar-refractivity contribution in [2.45, 2.75) is 31.5 Å². The number of carbonyl (C=O) groups is 1. The first-order valence-corrected chi connectivity index (χ1v) is 12.2. The maximum absolute atomic E-state index is 14.8. The Labute approximate surface area is 225 Å². The maximum atomic E-state index is 14.8. The zero-order valence-corrected chi connectivity index (χ0v) is 21.1. The number of pyridine rings is 1. The lowest BCUT2D eigenvalue weighted by Crippen LogP contribution is -2.51. The minimum absolute atomic E-state index is 0.00597. The van der Waals surface area contributed by atoms with Gasteiger partial charge in [-0.25, -0.2) is 13.2 Å². The zero-order chi connectivity index (χ0) is 28.7. The third-order valence-corrected chi connectivity index (χ3v) is 6.89. The number of ether oxygens (including phenoxy) is 1. The summed E-state index contributed by atoms with van der Waals surface area (Å²) in [5.41, 5.74) is 1.02. The standard InChI is InChI=1S/C30H22F6N2O2/c1-29(14-21-10-22(31)13-26(32)27(21)33)25-12-19(18-4-2-6-24(11-18)40-17-30(34,35)36)7-8-20(25)16-38(28(29)39)23-5-3-9-37-15-23/h2-13,15H,14,16-17H2,1H3. The van der Waals surface area contributed by atoms with E-state index in [0.29, 0.717) is 34.0 Å². The molecule has 0 bridgehead atoms. The van der Waals surface area contributed by atoms with Gasteiger partial charge in [-0.15, -0.1) is 0 Å². The van der Waals surface area contributed by atoms with Crippen molar-refractivity contribution in [3.05, 3.63) is 113 Å². The number of anilines is 1. The van der Waals surface area contributed by atoms with Crippen LogP contribution in [-0.4, -0.2) is 23.7 Å². The van der Waals surface area contributed by atoms with Crippen LogP contribution in [0.5, 0.6) is 5.75 Å². The second kappa shape index (κ2) is 10.3. The highest BCUT2D eigenvalue weighted by Gasteiger charge is 2.45. The van der Waals surface area contributed by atoms with Crippen LogP contribution in [0.3, 0.4) is 0 Å². The molecule has 0 fully saturated rings. The number of rotatable bonds is 6. The number of benzene rings is 3. The van der Waals surface area contributed by atoms with E-state index < -0.39 is 41.6 Å². The summed E-state index contributed by atoms with van der Waals surface area (Å²) in [6.45, 7) is 0.281. The van der Waals surface area contributed by atoms with Gasteiger partial charge in [-0.05, 0) is 77.6 Å². The SMILES string of the molecule is CC1(Cc2cc(F)cc(F)c2F)C(=O)N(c2cccnc2)Cc2ccc(-c3cccc(OCC(F)(F)F)c3)cc21. The topological polar surface area (TPSA) is 42.4 Å². The smallest absolute Gasteiger partial charge is 0.422 e. The van der Waals surface area contributed by atoms with Crippen LogP contribution in [-0.2, 0) is 23.2 Å². The van der Waals surface area contributed by atoms with Crippen molar-refractivity contribution in [3.8, 4) is 16.9 Å². The molecule has 1 unspecified atom stereocenters. The van der Waals surface area contributed by atoms with Crippen molar-refractivity contribution >= 4 is 11.6 Å². The van der Waals surface area contributed by atoms with Gasteiger partial charge in [0.15, 0.2) is 18.2 Å². The fourth-order valence-electron chi connectivity index (χ4n) is 5.00. The molecule has 0 saturated carbocycles. The normalized spacial score (nSPS) is 17.1. The number of carbonyl (C=O) groups excluding carboxylic acids is 1. The van der Waals surface area contributed by atoms with Crippen LogP contribution in [0, 0.1) is 17.5 Å². The molecule has 1 atom stereocenters. The Morgan fingerprint density at radius 2 is 1.75 bits per heavy atom. The fourth-order valence-corrected chi connectivity index (χ4v) is 5.00. The molecule has 1 aliphatic heterocycles. The number of hydrogen-bond acceptors (Lipinski definition) is 3. The van der Waals surface area contributed by atoms with E-state index in [-0.39, 0.29) is 24.3 Å². The molecule has 0 spiro atoms. The lowest BCUT2D eigenvalue weighted by molar-refractivity contribution is -0.153. The van der Waals surface area contributed by atoms with Crippen LogP contribution in [0.1, 0.15) is 23.6 Å². The molecule has 1 amide bonds. The van der Waals surface area contributed by atoms with Gasteiger partial charge in [-0.3, -0.25) is 9.78 Å². The van der Waals surface area contributed by atoms with Crippen molar-refractivity contribution in [2.75, 3.05) is 11.5 Å². The number of fused-ring (bicyclic) bond motifs is 1. The molecular weight excluding hydrogens is 534 g/mol. The molecule has 0 radical (unpaired) electrons. The quantitative estimate of drug-likeness (QED) is 0.187. The lowest BCUT2D eigenvalue weighted by Gasteiger charge is -2.41. The Bertz CT molecular complexity index is 1570. The third kappa shape index (κ3) is 5.38. The molecule has 1 aromatic heterocycles. The first-order valence-electron chi connectivity index (χ1n) is 12.2. The first kappa shape index (κ1) is 27.2. The number of nitrogens with zero attached hydrogens (tertiary/aromatic N) is 2. The molecule has 4 aromatic rings. The molecule has 0 saturated heterocycles. The molecule has 0 N–H and O–H groups in total. The van der Waals surface area contributed by atoms with Crippen molar-refractivity contribution in [1.29, 1.82) is 0 Å². The number of alkyl halides is 3. The van der Waals surface area contributed by atoms with Gasteiger partial charge >= 0.3 is 6.18 Å². The van der Waals surface area contributed by atoms with E-state index in [1.807, 2.05) is 0 Å². The van der Waals surface area contributed by atoms with Crippen molar-refractivity contribution in [2.24, 2.45) is 0 Å². The fraction of sp³-hybridized carbons (Fsp3) is 0.200. The number of hydrogen-bond donors (Lipinski definition) is 0. The summed E-state index contributed by atoms with van der Waals surface area (Å²) in [6.07, 6.45) is -1.80. The summed E-state index contributed by atoms with van der Waals surface area (Å²) < 4.78 is 85.8. The van der Waals surface area contributed by atoms with Gasteiger partial charge < -0.3 is 9.64 Å². The minimum Gasteiger partial charge on any atom is -0.484 e. The summed E-state index contributed by atoms with van der Waals surface area (Å²) in [7, 11) is 0. The zero-order valence-electron chi connectivity index (χ0n) is 21.1. The van der Waals surface area contributed by atoms with Gasteiger partial charge in [0, 0.05) is 12.3 Å². The summed E-state index contributed by atoms with van der Waals surface area (Å²) in [4.78, 5) is 19.6. The average molecular weight is 557 g/mol. The average Bonchev–Trinajstić information content (AvgIpc) is 2.92. The second-order valence-corrected chi connectivity index (χ2v) is 9.78. The van der Waals surface area contributed by atoms with Crippen molar-refractivity contribution in [3.63, 3.8) is 0 Å². The highest BCUT2D eigenvalue weighted by atomic mass is 19.4. The van der Waals surface area contributed by atoms with Crippen LogP contribution in [0.2, 0.25) is 0 Å². The van der Waals surface area contributed by atoms with E-state index >= 15 is 0 Å². The van der Waals surface area contributed by atoms with Gasteiger partial charge in [0.05, 0.1) is 23.8 Å². The Morgan fingerprint density at radius 3 is 2.48 bits per heavy atom. The van der Waals surface area contributed by atoms with E-state index in [1.165, 1.54) is 23.2 Å². The summed E-state index contributed by atoms with van der Waals surface area (Å²) in [6, 6.07) is 15.9. The third-order valence-electron chi connectivity index (χ3n) is 6.89. The Balaban J connectivity index is 1.60. The van der Waals surface area contributed by atoms with Gasteiger partial charge in [0.25, 0.3) is 0 Å². The Kier molecular flexibility index (Phi) is 7.03. The number of aromatic nitrogens is 1. The van der Waals surface area contributed by atoms with Crippen molar-refractivity contribution < 1.29 is 35.9 Å². The number of amides is 1. The van der Waals surface area contributed by atoms with Gasteiger partial charge in [-0.1, -0.05) is 24.3 Å².